The van der Waals surface area contributed by atoms with Gasteiger partial charge in [0.1, 0.15) is 11.5 Å². The fraction of sp³-hybridized carbons (Fsp3) is 0.318. The summed E-state index contributed by atoms with van der Waals surface area (Å²) in [5, 5.41) is 14.8. The number of pyridine rings is 1. The van der Waals surface area contributed by atoms with Crippen molar-refractivity contribution in [2.45, 2.75) is 25.0 Å². The average Bonchev–Trinajstić information content (AvgIpc) is 3.37. The number of hydrogen-bond acceptors (Lipinski definition) is 7. The number of carbonyl (C=O) groups is 1. The van der Waals surface area contributed by atoms with Gasteiger partial charge in [0.25, 0.3) is 5.91 Å². The zero-order chi connectivity index (χ0) is 20.9. The van der Waals surface area contributed by atoms with E-state index in [2.05, 4.69) is 15.0 Å². The molecule has 1 amide bonds. The van der Waals surface area contributed by atoms with Gasteiger partial charge in [0.15, 0.2) is 11.4 Å². The molecule has 0 saturated carbocycles. The predicted molar refractivity (Wildman–Crippen MR) is 111 cm³/mol. The number of likely N-dealkylation sites (N-methyl/N-ethyl adjacent to an activating group) is 1. The van der Waals surface area contributed by atoms with Gasteiger partial charge in [-0.25, -0.2) is 4.98 Å². The molecule has 0 radical (unpaired) electrons. The van der Waals surface area contributed by atoms with Crippen molar-refractivity contribution >= 4 is 17.4 Å². The molecule has 3 aromatic rings. The lowest BCUT2D eigenvalue weighted by Crippen LogP contribution is -2.36. The predicted octanol–water partition coefficient (Wildman–Crippen LogP) is 1.93. The summed E-state index contributed by atoms with van der Waals surface area (Å²) in [6.07, 6.45) is 2.96. The van der Waals surface area contributed by atoms with Crippen LogP contribution < -0.4 is 10.6 Å². The molecule has 1 fully saturated rings. The van der Waals surface area contributed by atoms with Crippen molar-refractivity contribution in [2.24, 2.45) is 0 Å². The number of aliphatic hydroxyl groups is 1. The number of anilines is 2. The zero-order valence-corrected chi connectivity index (χ0v) is 16.7. The molecule has 154 valence electrons. The fourth-order valence-electron chi connectivity index (χ4n) is 4.27. The lowest BCUT2D eigenvalue weighted by Gasteiger charge is -2.31. The molecule has 0 unspecified atom stereocenters. The average molecular weight is 405 g/mol. The van der Waals surface area contributed by atoms with E-state index in [1.807, 2.05) is 30.3 Å². The molecule has 8 heteroatoms. The normalized spacial score (nSPS) is 21.2. The molecule has 1 atom stereocenters. The Hall–Kier alpha value is -3.39. The number of nitrogens with zero attached hydrogens (tertiary/aromatic N) is 4. The molecule has 0 spiro atoms. The van der Waals surface area contributed by atoms with E-state index in [-0.39, 0.29) is 11.6 Å². The second-order valence-electron chi connectivity index (χ2n) is 7.97. The summed E-state index contributed by atoms with van der Waals surface area (Å²) in [7, 11) is 1.67. The number of amides is 1. The van der Waals surface area contributed by atoms with Crippen LogP contribution in [-0.2, 0) is 23.4 Å². The smallest absolute Gasteiger partial charge is 0.260 e. The Bertz CT molecular complexity index is 1130. The van der Waals surface area contributed by atoms with Gasteiger partial charge in [-0.1, -0.05) is 17.3 Å². The van der Waals surface area contributed by atoms with Crippen LogP contribution in [0.25, 0.3) is 11.3 Å². The molecular formula is C22H23N5O3. The number of hydrogen-bond donors (Lipinski definition) is 2. The molecule has 5 rings (SSSR count). The van der Waals surface area contributed by atoms with Crippen molar-refractivity contribution in [3.63, 3.8) is 0 Å². The summed E-state index contributed by atoms with van der Waals surface area (Å²) < 4.78 is 5.50. The lowest BCUT2D eigenvalue weighted by molar-refractivity contribution is -0.143. The zero-order valence-electron chi connectivity index (χ0n) is 16.7. The Labute approximate surface area is 173 Å². The second-order valence-corrected chi connectivity index (χ2v) is 7.97. The maximum absolute atomic E-state index is 12.3. The maximum Gasteiger partial charge on any atom is 0.260 e. The first-order valence-electron chi connectivity index (χ1n) is 9.98. The number of aromatic nitrogens is 2. The number of rotatable bonds is 3. The molecule has 1 aromatic carbocycles. The Balaban J connectivity index is 1.42. The number of nitrogens with two attached hydrogens (primary N) is 1. The van der Waals surface area contributed by atoms with Crippen LogP contribution in [0.3, 0.4) is 0 Å². The number of benzene rings is 1. The summed E-state index contributed by atoms with van der Waals surface area (Å²) in [5.74, 6) is 0.739. The van der Waals surface area contributed by atoms with E-state index in [4.69, 9.17) is 10.3 Å². The van der Waals surface area contributed by atoms with E-state index in [0.29, 0.717) is 31.1 Å². The van der Waals surface area contributed by atoms with Crippen molar-refractivity contribution < 1.29 is 14.4 Å². The Kier molecular flexibility index (Phi) is 4.25. The van der Waals surface area contributed by atoms with Crippen LogP contribution >= 0.6 is 0 Å². The van der Waals surface area contributed by atoms with Gasteiger partial charge in [-0.15, -0.1) is 0 Å². The van der Waals surface area contributed by atoms with Crippen LogP contribution in [0.5, 0.6) is 0 Å². The highest BCUT2D eigenvalue weighted by molar-refractivity contribution is 5.88. The van der Waals surface area contributed by atoms with E-state index in [0.717, 1.165) is 29.8 Å². The lowest BCUT2D eigenvalue weighted by atomic mass is 9.97. The van der Waals surface area contributed by atoms with Crippen LogP contribution in [0, 0.1) is 0 Å². The maximum atomic E-state index is 12.3. The van der Waals surface area contributed by atoms with Crippen LogP contribution in [0.4, 0.5) is 11.5 Å². The molecule has 8 nitrogen and oxygen atoms in total. The van der Waals surface area contributed by atoms with E-state index < -0.39 is 5.60 Å². The molecule has 0 aliphatic carbocycles. The summed E-state index contributed by atoms with van der Waals surface area (Å²) in [4.78, 5) is 20.3. The first kappa shape index (κ1) is 18.6. The van der Waals surface area contributed by atoms with Crippen molar-refractivity contribution in [3.05, 3.63) is 59.4 Å². The van der Waals surface area contributed by atoms with Gasteiger partial charge in [-0.05, 0) is 30.2 Å². The van der Waals surface area contributed by atoms with Crippen molar-refractivity contribution in [1.82, 2.24) is 15.0 Å². The van der Waals surface area contributed by atoms with Crippen molar-refractivity contribution in [3.8, 4) is 11.3 Å². The van der Waals surface area contributed by atoms with Gasteiger partial charge in [-0.3, -0.25) is 4.79 Å². The molecule has 3 N–H and O–H groups in total. The molecular weight excluding hydrogens is 382 g/mol. The van der Waals surface area contributed by atoms with Gasteiger partial charge >= 0.3 is 0 Å². The van der Waals surface area contributed by atoms with Crippen molar-refractivity contribution in [2.75, 3.05) is 30.8 Å². The molecule has 2 aromatic heterocycles. The minimum Gasteiger partial charge on any atom is -0.383 e. The minimum atomic E-state index is -1.62. The van der Waals surface area contributed by atoms with E-state index in [1.54, 1.807) is 19.3 Å². The largest absolute Gasteiger partial charge is 0.383 e. The third-order valence-corrected chi connectivity index (χ3v) is 6.13. The molecule has 4 heterocycles. The Morgan fingerprint density at radius 3 is 2.90 bits per heavy atom. The summed E-state index contributed by atoms with van der Waals surface area (Å²) in [6.45, 7) is 2.06. The molecule has 0 bridgehead atoms. The van der Waals surface area contributed by atoms with Crippen LogP contribution in [0.15, 0.2) is 47.1 Å². The topological polar surface area (TPSA) is 109 Å². The minimum absolute atomic E-state index is 0.253. The van der Waals surface area contributed by atoms with Gasteiger partial charge in [0.2, 0.25) is 0 Å². The second kappa shape index (κ2) is 6.84. The SMILES string of the molecule is CN1CC[C@@](O)(c2cc(-c3cccc(N4CCc5ccnc(N)c5C4)c3)on2)C1=O. The van der Waals surface area contributed by atoms with E-state index >= 15 is 0 Å². The highest BCUT2D eigenvalue weighted by Crippen LogP contribution is 2.35. The Morgan fingerprint density at radius 1 is 1.23 bits per heavy atom. The summed E-state index contributed by atoms with van der Waals surface area (Å²) in [5.41, 5.74) is 8.90. The van der Waals surface area contributed by atoms with Gasteiger partial charge in [0, 0.05) is 62.2 Å². The molecule has 1 saturated heterocycles. The quantitative estimate of drug-likeness (QED) is 0.685. The van der Waals surface area contributed by atoms with Gasteiger partial charge in [-0.2, -0.15) is 0 Å². The van der Waals surface area contributed by atoms with E-state index in [1.165, 1.54) is 10.5 Å². The van der Waals surface area contributed by atoms with E-state index in [9.17, 15) is 9.90 Å². The van der Waals surface area contributed by atoms with Crippen LogP contribution in [0.2, 0.25) is 0 Å². The fourth-order valence-corrected chi connectivity index (χ4v) is 4.27. The van der Waals surface area contributed by atoms with Gasteiger partial charge in [0.05, 0.1) is 0 Å². The number of likely N-dealkylation sites (tertiary alicyclic amines) is 1. The highest BCUT2D eigenvalue weighted by Gasteiger charge is 2.47. The number of carbonyl (C=O) groups excluding carboxylic acids is 1. The summed E-state index contributed by atoms with van der Waals surface area (Å²) in [6, 6.07) is 11.6. The first-order valence-corrected chi connectivity index (χ1v) is 9.98. The monoisotopic (exact) mass is 405 g/mol. The van der Waals surface area contributed by atoms with Crippen molar-refractivity contribution in [1.29, 1.82) is 0 Å². The third-order valence-electron chi connectivity index (χ3n) is 6.13. The van der Waals surface area contributed by atoms with Gasteiger partial charge < -0.3 is 25.2 Å². The number of fused-ring (bicyclic) bond motifs is 1. The molecule has 2 aliphatic rings. The molecule has 30 heavy (non-hydrogen) atoms. The number of nitrogen functional groups attached to an aromatic ring is 1. The van der Waals surface area contributed by atoms with Crippen LogP contribution in [0.1, 0.15) is 23.2 Å². The van der Waals surface area contributed by atoms with Crippen LogP contribution in [-0.4, -0.2) is 46.2 Å². The molecule has 2 aliphatic heterocycles. The Morgan fingerprint density at radius 2 is 2.10 bits per heavy atom. The first-order chi connectivity index (χ1) is 14.5. The third kappa shape index (κ3) is 2.91. The summed E-state index contributed by atoms with van der Waals surface area (Å²) >= 11 is 0. The standard InChI is InChI=1S/C22H23N5O3/c1-26-10-7-22(29,21(26)28)19-12-18(30-25-19)15-3-2-4-16(11-15)27-9-6-14-5-8-24-20(23)17(14)13-27/h2-5,8,11-12,29H,6-7,9-10,13H2,1H3,(H2,23,24)/t22-/m1/s1. The highest BCUT2D eigenvalue weighted by atomic mass is 16.5.